The summed E-state index contributed by atoms with van der Waals surface area (Å²) in [4.78, 5) is 7.20. The van der Waals surface area contributed by atoms with Crippen LogP contribution in [0.15, 0.2) is 53.1 Å². The molecule has 1 aliphatic rings. The van der Waals surface area contributed by atoms with Gasteiger partial charge >= 0.3 is 0 Å². The van der Waals surface area contributed by atoms with Crippen LogP contribution in [-0.2, 0) is 26.1 Å². The quantitative estimate of drug-likeness (QED) is 0.634. The Morgan fingerprint density at radius 3 is 2.62 bits per heavy atom. The lowest BCUT2D eigenvalue weighted by molar-refractivity contribution is 0.268. The Bertz CT molecular complexity index is 992. The number of likely N-dealkylation sites (N-methyl/N-ethyl adjacent to an activating group) is 1. The van der Waals surface area contributed by atoms with Crippen molar-refractivity contribution >= 4 is 11.6 Å². The molecule has 3 heterocycles. The van der Waals surface area contributed by atoms with Gasteiger partial charge in [0.25, 0.3) is 0 Å². The van der Waals surface area contributed by atoms with Gasteiger partial charge in [0.15, 0.2) is 0 Å². The Morgan fingerprint density at radius 1 is 1.07 bits per heavy atom. The number of nitrogens with zero attached hydrogens (tertiary/aromatic N) is 3. The number of anilines is 2. The van der Waals surface area contributed by atoms with Crippen LogP contribution in [0.1, 0.15) is 34.9 Å². The molecule has 0 saturated carbocycles. The van der Waals surface area contributed by atoms with E-state index in [0.717, 1.165) is 54.3 Å². The van der Waals surface area contributed by atoms with Crippen LogP contribution in [0.4, 0.5) is 11.6 Å². The van der Waals surface area contributed by atoms with Crippen molar-refractivity contribution in [1.29, 1.82) is 5.26 Å². The molecule has 6 nitrogen and oxygen atoms in total. The maximum atomic E-state index is 9.89. The van der Waals surface area contributed by atoms with Crippen molar-refractivity contribution < 1.29 is 4.42 Å². The third-order valence-corrected chi connectivity index (χ3v) is 5.34. The van der Waals surface area contributed by atoms with Crippen LogP contribution < -0.4 is 10.6 Å². The largest absolute Gasteiger partial charge is 0.467 e. The summed E-state index contributed by atoms with van der Waals surface area (Å²) >= 11 is 0. The molecular formula is C23H25N5O. The van der Waals surface area contributed by atoms with E-state index < -0.39 is 0 Å². The Hall–Kier alpha value is -3.30. The van der Waals surface area contributed by atoms with E-state index in [2.05, 4.69) is 40.7 Å². The first-order valence-electron chi connectivity index (χ1n) is 10.0. The molecule has 0 amide bonds. The van der Waals surface area contributed by atoms with Gasteiger partial charge in [-0.25, -0.2) is 4.98 Å². The molecule has 0 fully saturated rings. The van der Waals surface area contributed by atoms with Crippen molar-refractivity contribution in [2.75, 3.05) is 23.7 Å². The standard InChI is InChI=1S/C23H25N5O/c1-2-28-11-10-19-20(13-24)22(25-14-17-7-4-3-5-8-17)27-23(21(19)16-28)26-15-18-9-6-12-29-18/h3-9,12H,2,10-11,14-16H2,1H3,(H2,25,26,27). The highest BCUT2D eigenvalue weighted by Gasteiger charge is 2.25. The van der Waals surface area contributed by atoms with E-state index in [0.29, 0.717) is 24.5 Å². The Labute approximate surface area is 171 Å². The molecule has 0 spiro atoms. The van der Waals surface area contributed by atoms with Crippen LogP contribution in [0.5, 0.6) is 0 Å². The zero-order valence-electron chi connectivity index (χ0n) is 16.6. The summed E-state index contributed by atoms with van der Waals surface area (Å²) in [7, 11) is 0. The molecule has 1 aliphatic heterocycles. The van der Waals surface area contributed by atoms with Gasteiger partial charge in [-0.2, -0.15) is 5.26 Å². The molecule has 2 N–H and O–H groups in total. The minimum Gasteiger partial charge on any atom is -0.467 e. The molecule has 0 unspecified atom stereocenters. The number of hydrogen-bond donors (Lipinski definition) is 2. The summed E-state index contributed by atoms with van der Waals surface area (Å²) in [6.07, 6.45) is 2.52. The van der Waals surface area contributed by atoms with Gasteiger partial charge in [-0.3, -0.25) is 4.90 Å². The zero-order chi connectivity index (χ0) is 20.1. The van der Waals surface area contributed by atoms with Gasteiger partial charge in [0.1, 0.15) is 23.5 Å². The third kappa shape index (κ3) is 4.25. The molecule has 29 heavy (non-hydrogen) atoms. The number of nitrogens with one attached hydrogen (secondary N) is 2. The molecule has 148 valence electrons. The van der Waals surface area contributed by atoms with Crippen LogP contribution in [0.2, 0.25) is 0 Å². The average Bonchev–Trinajstić information content (AvgIpc) is 3.30. The first-order valence-corrected chi connectivity index (χ1v) is 10.0. The van der Waals surface area contributed by atoms with Gasteiger partial charge in [0.2, 0.25) is 0 Å². The maximum absolute atomic E-state index is 9.89. The summed E-state index contributed by atoms with van der Waals surface area (Å²) in [6, 6.07) is 16.4. The molecular weight excluding hydrogens is 362 g/mol. The fraction of sp³-hybridized carbons (Fsp3) is 0.304. The van der Waals surface area contributed by atoms with Crippen LogP contribution in [0, 0.1) is 11.3 Å². The monoisotopic (exact) mass is 387 g/mol. The van der Waals surface area contributed by atoms with Crippen LogP contribution >= 0.6 is 0 Å². The maximum Gasteiger partial charge on any atom is 0.146 e. The lowest BCUT2D eigenvalue weighted by Crippen LogP contribution is -2.32. The number of furan rings is 1. The third-order valence-electron chi connectivity index (χ3n) is 5.34. The molecule has 6 heteroatoms. The summed E-state index contributed by atoms with van der Waals surface area (Å²) in [5.74, 6) is 2.32. The Morgan fingerprint density at radius 2 is 1.90 bits per heavy atom. The number of fused-ring (bicyclic) bond motifs is 1. The van der Waals surface area contributed by atoms with Crippen LogP contribution in [-0.4, -0.2) is 23.0 Å². The molecule has 3 aromatic rings. The SMILES string of the molecule is CCN1CCc2c(C#N)c(NCc3ccccc3)nc(NCc3ccco3)c2C1. The number of pyridine rings is 1. The van der Waals surface area contributed by atoms with E-state index in [1.165, 1.54) is 0 Å². The smallest absolute Gasteiger partial charge is 0.146 e. The number of hydrogen-bond acceptors (Lipinski definition) is 6. The van der Waals surface area contributed by atoms with E-state index >= 15 is 0 Å². The Kier molecular flexibility index (Phi) is 5.78. The lowest BCUT2D eigenvalue weighted by Gasteiger charge is -2.30. The van der Waals surface area contributed by atoms with E-state index in [1.807, 2.05) is 30.3 Å². The summed E-state index contributed by atoms with van der Waals surface area (Å²) in [5, 5.41) is 16.7. The minimum atomic E-state index is 0.558. The predicted molar refractivity (Wildman–Crippen MR) is 113 cm³/mol. The first kappa shape index (κ1) is 19.0. The van der Waals surface area contributed by atoms with E-state index in [-0.39, 0.29) is 0 Å². The second-order valence-electron chi connectivity index (χ2n) is 7.14. The number of rotatable bonds is 7. The Balaban J connectivity index is 1.66. The summed E-state index contributed by atoms with van der Waals surface area (Å²) < 4.78 is 5.45. The molecule has 0 aliphatic carbocycles. The molecule has 0 atom stereocenters. The molecule has 2 aromatic heterocycles. The topological polar surface area (TPSA) is 77.1 Å². The highest BCUT2D eigenvalue weighted by Crippen LogP contribution is 2.32. The highest BCUT2D eigenvalue weighted by molar-refractivity contribution is 5.66. The first-order chi connectivity index (χ1) is 14.3. The second kappa shape index (κ2) is 8.80. The van der Waals surface area contributed by atoms with Crippen molar-refractivity contribution in [1.82, 2.24) is 9.88 Å². The van der Waals surface area contributed by atoms with Crippen LogP contribution in [0.25, 0.3) is 0 Å². The van der Waals surface area contributed by atoms with Gasteiger partial charge in [0, 0.05) is 25.2 Å². The molecule has 4 rings (SSSR count). The van der Waals surface area contributed by atoms with E-state index in [1.54, 1.807) is 6.26 Å². The number of aromatic nitrogens is 1. The number of benzene rings is 1. The van der Waals surface area contributed by atoms with E-state index in [9.17, 15) is 5.26 Å². The highest BCUT2D eigenvalue weighted by atomic mass is 16.3. The fourth-order valence-electron chi connectivity index (χ4n) is 3.72. The van der Waals surface area contributed by atoms with Crippen molar-refractivity contribution in [2.24, 2.45) is 0 Å². The van der Waals surface area contributed by atoms with Gasteiger partial charge in [-0.05, 0) is 36.2 Å². The van der Waals surface area contributed by atoms with Gasteiger partial charge < -0.3 is 15.1 Å². The van der Waals surface area contributed by atoms with Gasteiger partial charge in [-0.15, -0.1) is 0 Å². The lowest BCUT2D eigenvalue weighted by atomic mass is 9.95. The molecule has 0 radical (unpaired) electrons. The van der Waals surface area contributed by atoms with Crippen LogP contribution in [0.3, 0.4) is 0 Å². The average molecular weight is 387 g/mol. The molecule has 1 aromatic carbocycles. The van der Waals surface area contributed by atoms with Crippen molar-refractivity contribution in [3.8, 4) is 6.07 Å². The number of nitriles is 1. The molecule has 0 bridgehead atoms. The zero-order valence-corrected chi connectivity index (χ0v) is 16.6. The minimum absolute atomic E-state index is 0.558. The van der Waals surface area contributed by atoms with Gasteiger partial charge in [0.05, 0.1) is 18.4 Å². The normalized spacial score (nSPS) is 13.5. The summed E-state index contributed by atoms with van der Waals surface area (Å²) in [6.45, 7) is 6.08. The van der Waals surface area contributed by atoms with Crippen molar-refractivity contribution in [2.45, 2.75) is 33.0 Å². The fourth-order valence-corrected chi connectivity index (χ4v) is 3.72. The second-order valence-corrected chi connectivity index (χ2v) is 7.14. The molecule has 0 saturated heterocycles. The summed E-state index contributed by atoms with van der Waals surface area (Å²) in [5.41, 5.74) is 4.03. The van der Waals surface area contributed by atoms with Gasteiger partial charge in [-0.1, -0.05) is 37.3 Å². The predicted octanol–water partition coefficient (Wildman–Crippen LogP) is 4.15. The van der Waals surface area contributed by atoms with E-state index in [4.69, 9.17) is 9.40 Å². The van der Waals surface area contributed by atoms with Crippen molar-refractivity contribution in [3.05, 3.63) is 76.7 Å². The van der Waals surface area contributed by atoms with Crippen molar-refractivity contribution in [3.63, 3.8) is 0 Å².